The van der Waals surface area contributed by atoms with E-state index in [0.717, 1.165) is 22.4 Å². The third-order valence-corrected chi connectivity index (χ3v) is 3.60. The Balaban J connectivity index is 1.74. The average molecular weight is 293 g/mol. The molecule has 22 heavy (non-hydrogen) atoms. The summed E-state index contributed by atoms with van der Waals surface area (Å²) < 4.78 is 5.22. The summed E-state index contributed by atoms with van der Waals surface area (Å²) in [4.78, 5) is 22.7. The van der Waals surface area contributed by atoms with Crippen molar-refractivity contribution in [2.24, 2.45) is 0 Å². The lowest BCUT2D eigenvalue weighted by Crippen LogP contribution is -1.97. The molecule has 0 radical (unpaired) electrons. The molecule has 0 saturated carbocycles. The predicted molar refractivity (Wildman–Crippen MR) is 79.9 cm³/mol. The molecule has 1 aromatic carbocycles. The van der Waals surface area contributed by atoms with Crippen LogP contribution in [0.1, 0.15) is 21.6 Å². The molecule has 2 N–H and O–H groups in total. The number of aromatic nitrogens is 3. The molecule has 108 valence electrons. The smallest absolute Gasteiger partial charge is 0.337 e. The largest absolute Gasteiger partial charge is 0.478 e. The number of aromatic carboxylic acids is 1. The summed E-state index contributed by atoms with van der Waals surface area (Å²) in [5.41, 5.74) is 4.94. The number of hydrogen-bond acceptors (Lipinski definition) is 4. The second-order valence-electron chi connectivity index (χ2n) is 5.05. The van der Waals surface area contributed by atoms with Gasteiger partial charge >= 0.3 is 5.97 Å². The molecular weight excluding hydrogens is 282 g/mol. The van der Waals surface area contributed by atoms with E-state index in [1.54, 1.807) is 0 Å². The SMILES string of the molecule is O=C(O)c1ccnc2cc(Cc3ccc4ocnc4c3)[nH]c12. The summed E-state index contributed by atoms with van der Waals surface area (Å²) in [7, 11) is 0. The standard InChI is InChI=1S/C16H11N3O3/c20-16(21)11-3-4-17-13-7-10(19-15(11)13)5-9-1-2-14-12(6-9)18-8-22-14/h1-4,6-8,19H,5H2,(H,20,21). The monoisotopic (exact) mass is 293 g/mol. The van der Waals surface area contributed by atoms with Crippen molar-refractivity contribution in [3.05, 3.63) is 59.7 Å². The van der Waals surface area contributed by atoms with Crippen LogP contribution in [0.4, 0.5) is 0 Å². The number of pyridine rings is 1. The highest BCUT2D eigenvalue weighted by atomic mass is 16.4. The third kappa shape index (κ3) is 2.01. The molecule has 0 aliphatic rings. The summed E-state index contributed by atoms with van der Waals surface area (Å²) in [6.45, 7) is 0. The van der Waals surface area contributed by atoms with Crippen molar-refractivity contribution < 1.29 is 14.3 Å². The maximum Gasteiger partial charge on any atom is 0.337 e. The fourth-order valence-corrected chi connectivity index (χ4v) is 2.59. The molecule has 6 heteroatoms. The minimum atomic E-state index is -0.968. The molecule has 0 bridgehead atoms. The van der Waals surface area contributed by atoms with Gasteiger partial charge in [-0.1, -0.05) is 6.07 Å². The maximum atomic E-state index is 11.2. The molecule has 3 heterocycles. The van der Waals surface area contributed by atoms with Crippen molar-refractivity contribution in [1.82, 2.24) is 15.0 Å². The van der Waals surface area contributed by atoms with Gasteiger partial charge in [0.1, 0.15) is 5.52 Å². The van der Waals surface area contributed by atoms with E-state index in [1.807, 2.05) is 24.3 Å². The second kappa shape index (κ2) is 4.70. The van der Waals surface area contributed by atoms with Crippen molar-refractivity contribution in [3.63, 3.8) is 0 Å². The van der Waals surface area contributed by atoms with Gasteiger partial charge in [0.05, 0.1) is 16.6 Å². The van der Waals surface area contributed by atoms with Crippen molar-refractivity contribution in [2.45, 2.75) is 6.42 Å². The average Bonchev–Trinajstić information content (AvgIpc) is 3.11. The molecule has 0 fully saturated rings. The van der Waals surface area contributed by atoms with E-state index >= 15 is 0 Å². The Bertz CT molecular complexity index is 1000. The van der Waals surface area contributed by atoms with E-state index in [4.69, 9.17) is 4.42 Å². The molecule has 4 rings (SSSR count). The highest BCUT2D eigenvalue weighted by Gasteiger charge is 2.12. The van der Waals surface area contributed by atoms with Crippen molar-refractivity contribution in [2.75, 3.05) is 0 Å². The summed E-state index contributed by atoms with van der Waals surface area (Å²) in [5.74, 6) is -0.968. The van der Waals surface area contributed by atoms with Crippen molar-refractivity contribution >= 4 is 28.1 Å². The van der Waals surface area contributed by atoms with Gasteiger partial charge in [-0.25, -0.2) is 9.78 Å². The van der Waals surface area contributed by atoms with Gasteiger partial charge in [0.15, 0.2) is 12.0 Å². The van der Waals surface area contributed by atoms with Gasteiger partial charge < -0.3 is 14.5 Å². The van der Waals surface area contributed by atoms with E-state index < -0.39 is 5.97 Å². The molecule has 0 unspecified atom stereocenters. The van der Waals surface area contributed by atoms with Gasteiger partial charge in [-0.2, -0.15) is 0 Å². The number of oxazole rings is 1. The first kappa shape index (κ1) is 12.6. The predicted octanol–water partition coefficient (Wildman–Crippen LogP) is 2.99. The number of carboxylic acids is 1. The van der Waals surface area contributed by atoms with E-state index in [2.05, 4.69) is 15.0 Å². The molecule has 4 aromatic rings. The number of rotatable bonds is 3. The van der Waals surface area contributed by atoms with Gasteiger partial charge in [0, 0.05) is 18.3 Å². The number of H-pyrrole nitrogens is 1. The third-order valence-electron chi connectivity index (χ3n) is 3.60. The zero-order chi connectivity index (χ0) is 15.1. The number of aromatic amines is 1. The van der Waals surface area contributed by atoms with Gasteiger partial charge in [-0.15, -0.1) is 0 Å². The maximum absolute atomic E-state index is 11.2. The topological polar surface area (TPSA) is 92.0 Å². The molecule has 0 aliphatic carbocycles. The molecule has 0 aliphatic heterocycles. The van der Waals surface area contributed by atoms with Gasteiger partial charge in [-0.05, 0) is 29.8 Å². The van der Waals surface area contributed by atoms with E-state index in [9.17, 15) is 9.90 Å². The van der Waals surface area contributed by atoms with Crippen LogP contribution in [0.15, 0.2) is 47.3 Å². The fraction of sp³-hybridized carbons (Fsp3) is 0.0625. The summed E-state index contributed by atoms with van der Waals surface area (Å²) in [6, 6.07) is 9.16. The first-order valence-corrected chi connectivity index (χ1v) is 6.73. The number of carboxylic acid groups (broad SMARTS) is 1. The van der Waals surface area contributed by atoms with Crippen LogP contribution in [0.25, 0.3) is 22.1 Å². The molecule has 0 amide bonds. The number of nitrogens with one attached hydrogen (secondary N) is 1. The van der Waals surface area contributed by atoms with Crippen LogP contribution in [0, 0.1) is 0 Å². The van der Waals surface area contributed by atoms with Gasteiger partial charge in [0.25, 0.3) is 0 Å². The minimum absolute atomic E-state index is 0.225. The van der Waals surface area contributed by atoms with E-state index in [-0.39, 0.29) is 5.56 Å². The Kier molecular flexibility index (Phi) is 2.69. The molecular formula is C16H11N3O3. The number of carbonyl (C=O) groups is 1. The van der Waals surface area contributed by atoms with Gasteiger partial charge in [-0.3, -0.25) is 4.98 Å². The molecule has 0 spiro atoms. The summed E-state index contributed by atoms with van der Waals surface area (Å²) >= 11 is 0. The zero-order valence-corrected chi connectivity index (χ0v) is 11.4. The Labute approximate surface area is 124 Å². The minimum Gasteiger partial charge on any atom is -0.478 e. The number of hydrogen-bond donors (Lipinski definition) is 2. The van der Waals surface area contributed by atoms with Crippen molar-refractivity contribution in [3.8, 4) is 0 Å². The normalized spacial score (nSPS) is 11.3. The summed E-state index contributed by atoms with van der Waals surface area (Å²) in [6.07, 6.45) is 3.56. The van der Waals surface area contributed by atoms with Crippen LogP contribution >= 0.6 is 0 Å². The van der Waals surface area contributed by atoms with E-state index in [1.165, 1.54) is 18.7 Å². The Morgan fingerprint density at radius 3 is 2.95 bits per heavy atom. The van der Waals surface area contributed by atoms with E-state index in [0.29, 0.717) is 17.5 Å². The first-order valence-electron chi connectivity index (χ1n) is 6.73. The lowest BCUT2D eigenvalue weighted by Gasteiger charge is -1.99. The van der Waals surface area contributed by atoms with Crippen LogP contribution in [-0.4, -0.2) is 26.0 Å². The zero-order valence-electron chi connectivity index (χ0n) is 11.4. The Morgan fingerprint density at radius 2 is 2.09 bits per heavy atom. The molecule has 3 aromatic heterocycles. The first-order chi connectivity index (χ1) is 10.7. The highest BCUT2D eigenvalue weighted by molar-refractivity contribution is 6.00. The molecule has 0 atom stereocenters. The molecule has 0 saturated heterocycles. The lowest BCUT2D eigenvalue weighted by atomic mass is 10.1. The number of benzene rings is 1. The van der Waals surface area contributed by atoms with Crippen LogP contribution in [0.2, 0.25) is 0 Å². The number of fused-ring (bicyclic) bond motifs is 2. The Hall–Kier alpha value is -3.15. The van der Waals surface area contributed by atoms with Crippen LogP contribution < -0.4 is 0 Å². The highest BCUT2D eigenvalue weighted by Crippen LogP contribution is 2.21. The fourth-order valence-electron chi connectivity index (χ4n) is 2.59. The van der Waals surface area contributed by atoms with Crippen LogP contribution in [0.3, 0.4) is 0 Å². The summed E-state index contributed by atoms with van der Waals surface area (Å²) in [5, 5.41) is 9.21. The quantitative estimate of drug-likeness (QED) is 0.605. The number of nitrogens with zero attached hydrogens (tertiary/aromatic N) is 2. The Morgan fingerprint density at radius 1 is 1.18 bits per heavy atom. The lowest BCUT2D eigenvalue weighted by molar-refractivity contribution is 0.0698. The van der Waals surface area contributed by atoms with Crippen molar-refractivity contribution in [1.29, 1.82) is 0 Å². The van der Waals surface area contributed by atoms with Crippen LogP contribution in [0.5, 0.6) is 0 Å². The molecule has 6 nitrogen and oxygen atoms in total. The van der Waals surface area contributed by atoms with Gasteiger partial charge in [0.2, 0.25) is 0 Å². The second-order valence-corrected chi connectivity index (χ2v) is 5.05. The van der Waals surface area contributed by atoms with Crippen LogP contribution in [-0.2, 0) is 6.42 Å².